The number of hydrogen-bond donors (Lipinski definition) is 3. The van der Waals surface area contributed by atoms with E-state index in [1.165, 1.54) is 0 Å². The molecule has 0 aliphatic heterocycles. The lowest BCUT2D eigenvalue weighted by Gasteiger charge is -2.08. The molecule has 3 rings (SSSR count). The van der Waals surface area contributed by atoms with Crippen LogP contribution in [0.15, 0.2) is 48.9 Å². The van der Waals surface area contributed by atoms with E-state index in [1.54, 1.807) is 24.7 Å². The van der Waals surface area contributed by atoms with Crippen molar-refractivity contribution in [2.24, 2.45) is 0 Å². The maximum Gasteiger partial charge on any atom is 0.255 e. The molecule has 106 valence electrons. The van der Waals surface area contributed by atoms with Crippen LogP contribution in [0.25, 0.3) is 10.8 Å². The van der Waals surface area contributed by atoms with Crippen molar-refractivity contribution in [3.8, 4) is 5.75 Å². The van der Waals surface area contributed by atoms with E-state index < -0.39 is 0 Å². The summed E-state index contributed by atoms with van der Waals surface area (Å²) < 4.78 is 0. The lowest BCUT2D eigenvalue weighted by atomic mass is 10.1. The Morgan fingerprint density at radius 2 is 2.00 bits per heavy atom. The van der Waals surface area contributed by atoms with Gasteiger partial charge in [-0.05, 0) is 22.9 Å². The first kappa shape index (κ1) is 13.2. The molecule has 2 aromatic carbocycles. The molecule has 1 amide bonds. The number of H-pyrrole nitrogens is 1. The Balaban J connectivity index is 1.73. The molecule has 0 fully saturated rings. The average molecular weight is 281 g/mol. The van der Waals surface area contributed by atoms with Gasteiger partial charge in [-0.3, -0.25) is 4.79 Å². The van der Waals surface area contributed by atoms with E-state index in [9.17, 15) is 9.90 Å². The molecule has 3 N–H and O–H groups in total. The first-order chi connectivity index (χ1) is 10.2. The molecule has 0 bridgehead atoms. The van der Waals surface area contributed by atoms with Gasteiger partial charge in [0.05, 0.1) is 11.9 Å². The van der Waals surface area contributed by atoms with Crippen molar-refractivity contribution in [3.63, 3.8) is 0 Å². The summed E-state index contributed by atoms with van der Waals surface area (Å²) in [6.45, 7) is 0.479. The fourth-order valence-electron chi connectivity index (χ4n) is 2.24. The number of amides is 1. The second-order valence-corrected chi connectivity index (χ2v) is 4.80. The molecule has 1 heterocycles. The summed E-state index contributed by atoms with van der Waals surface area (Å²) in [6.07, 6.45) is 3.99. The molecule has 0 aliphatic rings. The Morgan fingerprint density at radius 1 is 1.24 bits per heavy atom. The Morgan fingerprint density at radius 3 is 2.71 bits per heavy atom. The largest absolute Gasteiger partial charge is 0.507 e. The third-order valence-electron chi connectivity index (χ3n) is 3.34. The molecule has 5 heteroatoms. The number of nitrogens with zero attached hydrogens (tertiary/aromatic N) is 1. The standard InChI is InChI=1S/C16H15N3O2/c20-15-8-12-4-2-1-3-11(12)7-14(15)16(21)18-6-5-13-9-17-10-19-13/h1-4,7-10,20H,5-6H2,(H,17,19)(H,18,21). The summed E-state index contributed by atoms with van der Waals surface area (Å²) in [7, 11) is 0. The van der Waals surface area contributed by atoms with Crippen LogP contribution in [0.1, 0.15) is 16.1 Å². The number of aromatic nitrogens is 2. The van der Waals surface area contributed by atoms with Crippen molar-refractivity contribution in [1.29, 1.82) is 0 Å². The maximum absolute atomic E-state index is 12.1. The molecule has 0 atom stereocenters. The molecule has 5 nitrogen and oxygen atoms in total. The predicted molar refractivity (Wildman–Crippen MR) is 80.2 cm³/mol. The number of carbonyl (C=O) groups excluding carboxylic acids is 1. The van der Waals surface area contributed by atoms with Gasteiger partial charge in [0.25, 0.3) is 5.91 Å². The Labute approximate surface area is 121 Å². The zero-order valence-corrected chi connectivity index (χ0v) is 11.3. The van der Waals surface area contributed by atoms with Crippen LogP contribution in [0.5, 0.6) is 5.75 Å². The Bertz CT molecular complexity index is 766. The minimum absolute atomic E-state index is 0.00672. The molecule has 0 unspecified atom stereocenters. The summed E-state index contributed by atoms with van der Waals surface area (Å²) in [6, 6.07) is 10.9. The van der Waals surface area contributed by atoms with Crippen molar-refractivity contribution in [1.82, 2.24) is 15.3 Å². The van der Waals surface area contributed by atoms with Crippen molar-refractivity contribution < 1.29 is 9.90 Å². The molecule has 0 spiro atoms. The molecule has 0 radical (unpaired) electrons. The van der Waals surface area contributed by atoms with Gasteiger partial charge in [0.15, 0.2) is 0 Å². The second kappa shape index (κ2) is 5.66. The quantitative estimate of drug-likeness (QED) is 0.686. The van der Waals surface area contributed by atoms with Gasteiger partial charge in [0.1, 0.15) is 5.75 Å². The number of phenolic OH excluding ortho intramolecular Hbond substituents is 1. The van der Waals surface area contributed by atoms with Crippen LogP contribution in [0.4, 0.5) is 0 Å². The third kappa shape index (κ3) is 2.86. The van der Waals surface area contributed by atoms with Crippen molar-refractivity contribution in [2.45, 2.75) is 6.42 Å². The number of rotatable bonds is 4. The van der Waals surface area contributed by atoms with Gasteiger partial charge in [-0.2, -0.15) is 0 Å². The van der Waals surface area contributed by atoms with Crippen LogP contribution in [0.2, 0.25) is 0 Å². The topological polar surface area (TPSA) is 78.0 Å². The fourth-order valence-corrected chi connectivity index (χ4v) is 2.24. The van der Waals surface area contributed by atoms with E-state index in [0.29, 0.717) is 18.5 Å². The van der Waals surface area contributed by atoms with Crippen LogP contribution >= 0.6 is 0 Å². The number of aromatic amines is 1. The van der Waals surface area contributed by atoms with E-state index >= 15 is 0 Å². The van der Waals surface area contributed by atoms with Crippen molar-refractivity contribution >= 4 is 16.7 Å². The number of fused-ring (bicyclic) bond motifs is 1. The van der Waals surface area contributed by atoms with Gasteiger partial charge in [0.2, 0.25) is 0 Å². The predicted octanol–water partition coefficient (Wildman–Crippen LogP) is 2.24. The molecular formula is C16H15N3O2. The zero-order valence-electron chi connectivity index (χ0n) is 11.3. The third-order valence-corrected chi connectivity index (χ3v) is 3.34. The number of imidazole rings is 1. The first-order valence-corrected chi connectivity index (χ1v) is 6.71. The summed E-state index contributed by atoms with van der Waals surface area (Å²) in [5.74, 6) is -0.287. The van der Waals surface area contributed by atoms with Crippen molar-refractivity contribution in [3.05, 3.63) is 60.2 Å². The van der Waals surface area contributed by atoms with Crippen molar-refractivity contribution in [2.75, 3.05) is 6.54 Å². The Hall–Kier alpha value is -2.82. The molecular weight excluding hydrogens is 266 g/mol. The highest BCUT2D eigenvalue weighted by Crippen LogP contribution is 2.24. The summed E-state index contributed by atoms with van der Waals surface area (Å²) in [4.78, 5) is 19.0. The minimum atomic E-state index is -0.280. The van der Waals surface area contributed by atoms with E-state index in [0.717, 1.165) is 16.5 Å². The molecule has 0 aliphatic carbocycles. The summed E-state index contributed by atoms with van der Waals surface area (Å²) in [5.41, 5.74) is 1.25. The molecule has 0 saturated heterocycles. The smallest absolute Gasteiger partial charge is 0.255 e. The number of aromatic hydroxyl groups is 1. The summed E-state index contributed by atoms with van der Waals surface area (Å²) in [5, 5.41) is 14.6. The van der Waals surface area contributed by atoms with Crippen LogP contribution in [-0.4, -0.2) is 27.5 Å². The van der Waals surface area contributed by atoms with Crippen LogP contribution in [-0.2, 0) is 6.42 Å². The number of carbonyl (C=O) groups is 1. The van der Waals surface area contributed by atoms with Gasteiger partial charge in [0, 0.05) is 24.9 Å². The monoisotopic (exact) mass is 281 g/mol. The van der Waals surface area contributed by atoms with Crippen LogP contribution in [0.3, 0.4) is 0 Å². The van der Waals surface area contributed by atoms with Crippen LogP contribution < -0.4 is 5.32 Å². The highest BCUT2D eigenvalue weighted by Gasteiger charge is 2.12. The highest BCUT2D eigenvalue weighted by atomic mass is 16.3. The average Bonchev–Trinajstić information content (AvgIpc) is 2.99. The van der Waals surface area contributed by atoms with E-state index in [2.05, 4.69) is 15.3 Å². The minimum Gasteiger partial charge on any atom is -0.507 e. The zero-order chi connectivity index (χ0) is 14.7. The van der Waals surface area contributed by atoms with Crippen LogP contribution in [0, 0.1) is 0 Å². The lowest BCUT2D eigenvalue weighted by molar-refractivity contribution is 0.0951. The fraction of sp³-hybridized carbons (Fsp3) is 0.125. The highest BCUT2D eigenvalue weighted by molar-refractivity contribution is 6.01. The number of benzene rings is 2. The van der Waals surface area contributed by atoms with E-state index in [1.807, 2.05) is 24.3 Å². The van der Waals surface area contributed by atoms with E-state index in [-0.39, 0.29) is 11.7 Å². The van der Waals surface area contributed by atoms with E-state index in [4.69, 9.17) is 0 Å². The van der Waals surface area contributed by atoms with Gasteiger partial charge in [-0.25, -0.2) is 4.98 Å². The molecule has 1 aromatic heterocycles. The summed E-state index contributed by atoms with van der Waals surface area (Å²) >= 11 is 0. The Kier molecular flexibility index (Phi) is 3.55. The maximum atomic E-state index is 12.1. The van der Waals surface area contributed by atoms with Gasteiger partial charge in [-0.1, -0.05) is 24.3 Å². The van der Waals surface area contributed by atoms with Gasteiger partial charge in [-0.15, -0.1) is 0 Å². The first-order valence-electron chi connectivity index (χ1n) is 6.71. The van der Waals surface area contributed by atoms with Gasteiger partial charge >= 0.3 is 0 Å². The molecule has 0 saturated carbocycles. The lowest BCUT2D eigenvalue weighted by Crippen LogP contribution is -2.25. The SMILES string of the molecule is O=C(NCCc1cnc[nH]1)c1cc2ccccc2cc1O. The number of hydrogen-bond acceptors (Lipinski definition) is 3. The second-order valence-electron chi connectivity index (χ2n) is 4.80. The van der Waals surface area contributed by atoms with Gasteiger partial charge < -0.3 is 15.4 Å². The number of nitrogens with one attached hydrogen (secondary N) is 2. The molecule has 21 heavy (non-hydrogen) atoms. The normalized spacial score (nSPS) is 10.7. The number of phenols is 1. The molecule has 3 aromatic rings.